The van der Waals surface area contributed by atoms with Crippen LogP contribution < -0.4 is 14.8 Å². The van der Waals surface area contributed by atoms with Gasteiger partial charge in [-0.05, 0) is 24.1 Å². The van der Waals surface area contributed by atoms with Crippen molar-refractivity contribution in [3.63, 3.8) is 0 Å². The molecule has 3 heterocycles. The molecule has 33 heavy (non-hydrogen) atoms. The Balaban J connectivity index is 1.27. The van der Waals surface area contributed by atoms with E-state index in [0.29, 0.717) is 31.1 Å². The van der Waals surface area contributed by atoms with Crippen LogP contribution in [0.25, 0.3) is 0 Å². The van der Waals surface area contributed by atoms with Crippen molar-refractivity contribution in [1.29, 1.82) is 0 Å². The third kappa shape index (κ3) is 6.62. The summed E-state index contributed by atoms with van der Waals surface area (Å²) >= 11 is 0. The van der Waals surface area contributed by atoms with Crippen LogP contribution in [0, 0.1) is 0 Å². The molecule has 0 saturated carbocycles. The summed E-state index contributed by atoms with van der Waals surface area (Å²) in [4.78, 5) is 37.6. The smallest absolute Gasteiger partial charge is 0.274 e. The number of hydrogen-bond donors (Lipinski definition) is 1. The lowest BCUT2D eigenvalue weighted by atomic mass is 10.2. The van der Waals surface area contributed by atoms with Crippen molar-refractivity contribution >= 4 is 11.8 Å². The van der Waals surface area contributed by atoms with Gasteiger partial charge in [0.15, 0.2) is 11.5 Å². The van der Waals surface area contributed by atoms with E-state index in [1.165, 1.54) is 18.6 Å². The van der Waals surface area contributed by atoms with Gasteiger partial charge in [-0.15, -0.1) is 0 Å². The normalized spacial score (nSPS) is 15.3. The van der Waals surface area contributed by atoms with Crippen LogP contribution in [0.1, 0.15) is 28.9 Å². The van der Waals surface area contributed by atoms with E-state index in [9.17, 15) is 9.59 Å². The highest BCUT2D eigenvalue weighted by molar-refractivity contribution is 5.92. The van der Waals surface area contributed by atoms with Gasteiger partial charge in [-0.25, -0.2) is 4.98 Å². The first-order valence-electron chi connectivity index (χ1n) is 11.2. The summed E-state index contributed by atoms with van der Waals surface area (Å²) in [6.45, 7) is 5.62. The molecule has 1 aromatic heterocycles. The first-order chi connectivity index (χ1) is 16.2. The Morgan fingerprint density at radius 2 is 1.94 bits per heavy atom. The first-order valence-corrected chi connectivity index (χ1v) is 11.2. The van der Waals surface area contributed by atoms with Gasteiger partial charge in [0.25, 0.3) is 5.91 Å². The molecule has 0 unspecified atom stereocenters. The highest BCUT2D eigenvalue weighted by atomic mass is 16.7. The Kier molecular flexibility index (Phi) is 8.04. The van der Waals surface area contributed by atoms with Crippen molar-refractivity contribution in [2.24, 2.45) is 0 Å². The van der Waals surface area contributed by atoms with Crippen LogP contribution in [0.15, 0.2) is 36.8 Å². The molecule has 0 bridgehead atoms. The summed E-state index contributed by atoms with van der Waals surface area (Å²) in [6.07, 6.45) is 5.50. The summed E-state index contributed by atoms with van der Waals surface area (Å²) in [5.74, 6) is 1.05. The highest BCUT2D eigenvalue weighted by Crippen LogP contribution is 2.32. The number of fused-ring (bicyclic) bond motifs is 1. The van der Waals surface area contributed by atoms with E-state index in [-0.39, 0.29) is 30.7 Å². The van der Waals surface area contributed by atoms with Crippen LogP contribution in [-0.4, -0.2) is 84.3 Å². The SMILES string of the molecule is O=C(CCN(CCCN1CCOCC1)C(=O)c1cnccn1)NCc1ccc2c(c1)OCO2. The molecule has 1 saturated heterocycles. The fraction of sp³-hybridized carbons (Fsp3) is 0.478. The Morgan fingerprint density at radius 1 is 1.09 bits per heavy atom. The minimum Gasteiger partial charge on any atom is -0.454 e. The van der Waals surface area contributed by atoms with Gasteiger partial charge in [0, 0.05) is 58.1 Å². The summed E-state index contributed by atoms with van der Waals surface area (Å²) in [6, 6.07) is 5.58. The van der Waals surface area contributed by atoms with Gasteiger partial charge in [-0.1, -0.05) is 6.07 Å². The third-order valence-corrected chi connectivity index (χ3v) is 5.61. The maximum Gasteiger partial charge on any atom is 0.274 e. The van der Waals surface area contributed by atoms with Crippen molar-refractivity contribution in [3.8, 4) is 11.5 Å². The summed E-state index contributed by atoms with van der Waals surface area (Å²) in [5.41, 5.74) is 1.20. The van der Waals surface area contributed by atoms with Gasteiger partial charge in [0.05, 0.1) is 19.4 Å². The molecule has 1 fully saturated rings. The second-order valence-electron chi connectivity index (χ2n) is 7.90. The molecule has 2 aliphatic rings. The maximum atomic E-state index is 13.0. The summed E-state index contributed by atoms with van der Waals surface area (Å²) in [5, 5.41) is 2.91. The van der Waals surface area contributed by atoms with E-state index < -0.39 is 0 Å². The maximum absolute atomic E-state index is 13.0. The second-order valence-corrected chi connectivity index (χ2v) is 7.90. The Bertz CT molecular complexity index is 936. The average molecular weight is 456 g/mol. The number of nitrogens with one attached hydrogen (secondary N) is 1. The number of rotatable bonds is 10. The van der Waals surface area contributed by atoms with E-state index in [4.69, 9.17) is 14.2 Å². The van der Waals surface area contributed by atoms with E-state index >= 15 is 0 Å². The predicted octanol–water partition coefficient (Wildman–Crippen LogP) is 1.08. The van der Waals surface area contributed by atoms with Crippen LogP contribution in [0.2, 0.25) is 0 Å². The van der Waals surface area contributed by atoms with Gasteiger partial charge in [-0.2, -0.15) is 0 Å². The Hall–Kier alpha value is -3.24. The standard InChI is InChI=1S/C23H29N5O5/c29-22(26-15-18-2-3-20-21(14-18)33-17-32-20)4-9-28(23(30)19-16-24-5-6-25-19)8-1-7-27-10-12-31-13-11-27/h2-3,5-6,14,16H,1,4,7-13,15,17H2,(H,26,29). The molecule has 10 nitrogen and oxygen atoms in total. The molecular formula is C23H29N5O5. The van der Waals surface area contributed by atoms with Gasteiger partial charge >= 0.3 is 0 Å². The van der Waals surface area contributed by atoms with E-state index in [2.05, 4.69) is 20.2 Å². The molecule has 0 radical (unpaired) electrons. The van der Waals surface area contributed by atoms with Gasteiger partial charge in [-0.3, -0.25) is 19.5 Å². The van der Waals surface area contributed by atoms with Crippen LogP contribution >= 0.6 is 0 Å². The number of hydrogen-bond acceptors (Lipinski definition) is 8. The number of carbonyl (C=O) groups excluding carboxylic acids is 2. The molecule has 4 rings (SSSR count). The van der Waals surface area contributed by atoms with Crippen LogP contribution in [0.3, 0.4) is 0 Å². The van der Waals surface area contributed by atoms with E-state index in [1.807, 2.05) is 18.2 Å². The molecule has 176 valence electrons. The first kappa shape index (κ1) is 22.9. The number of benzene rings is 1. The van der Waals surface area contributed by atoms with Crippen molar-refractivity contribution in [3.05, 3.63) is 48.0 Å². The zero-order valence-electron chi connectivity index (χ0n) is 18.6. The second kappa shape index (κ2) is 11.6. The van der Waals surface area contributed by atoms with Crippen molar-refractivity contribution < 1.29 is 23.8 Å². The Morgan fingerprint density at radius 3 is 2.76 bits per heavy atom. The fourth-order valence-electron chi connectivity index (χ4n) is 3.77. The lowest BCUT2D eigenvalue weighted by molar-refractivity contribution is -0.121. The summed E-state index contributed by atoms with van der Waals surface area (Å²) < 4.78 is 16.1. The molecule has 10 heteroatoms. The van der Waals surface area contributed by atoms with Gasteiger partial charge in [0.2, 0.25) is 12.7 Å². The number of nitrogens with zero attached hydrogens (tertiary/aromatic N) is 4. The lowest BCUT2D eigenvalue weighted by Crippen LogP contribution is -2.40. The average Bonchev–Trinajstić information content (AvgIpc) is 3.33. The molecule has 0 aliphatic carbocycles. The van der Waals surface area contributed by atoms with Crippen molar-refractivity contribution in [1.82, 2.24) is 25.1 Å². The number of aromatic nitrogens is 2. The van der Waals surface area contributed by atoms with Crippen molar-refractivity contribution in [2.45, 2.75) is 19.4 Å². The minimum atomic E-state index is -0.214. The number of morpholine rings is 1. The third-order valence-electron chi connectivity index (χ3n) is 5.61. The van der Waals surface area contributed by atoms with Gasteiger partial charge < -0.3 is 24.4 Å². The highest BCUT2D eigenvalue weighted by Gasteiger charge is 2.19. The molecule has 2 aromatic rings. The molecule has 2 aliphatic heterocycles. The number of carbonyl (C=O) groups is 2. The molecule has 2 amide bonds. The van der Waals surface area contributed by atoms with E-state index in [0.717, 1.165) is 44.8 Å². The molecule has 1 N–H and O–H groups in total. The zero-order valence-corrected chi connectivity index (χ0v) is 18.6. The number of amides is 2. The van der Waals surface area contributed by atoms with Crippen LogP contribution in [0.5, 0.6) is 11.5 Å². The van der Waals surface area contributed by atoms with Crippen molar-refractivity contribution in [2.75, 3.05) is 52.7 Å². The minimum absolute atomic E-state index is 0.127. The zero-order chi connectivity index (χ0) is 22.9. The van der Waals surface area contributed by atoms with Crippen LogP contribution in [-0.2, 0) is 16.1 Å². The summed E-state index contributed by atoms with van der Waals surface area (Å²) in [7, 11) is 0. The van der Waals surface area contributed by atoms with Gasteiger partial charge in [0.1, 0.15) is 5.69 Å². The number of ether oxygens (including phenoxy) is 3. The Labute approximate surface area is 192 Å². The molecule has 0 atom stereocenters. The molecular weight excluding hydrogens is 426 g/mol. The topological polar surface area (TPSA) is 106 Å². The predicted molar refractivity (Wildman–Crippen MR) is 119 cm³/mol. The quantitative estimate of drug-likeness (QED) is 0.567. The largest absolute Gasteiger partial charge is 0.454 e. The fourth-order valence-corrected chi connectivity index (χ4v) is 3.77. The lowest BCUT2D eigenvalue weighted by Gasteiger charge is -2.28. The molecule has 1 aromatic carbocycles. The molecule has 0 spiro atoms. The van der Waals surface area contributed by atoms with Crippen LogP contribution in [0.4, 0.5) is 0 Å². The monoisotopic (exact) mass is 455 g/mol. The van der Waals surface area contributed by atoms with E-state index in [1.54, 1.807) is 4.90 Å².